The van der Waals surface area contributed by atoms with Crippen molar-refractivity contribution in [2.24, 2.45) is 13.0 Å². The predicted octanol–water partition coefficient (Wildman–Crippen LogP) is 7.31. The molecule has 11 nitrogen and oxygen atoms in total. The molecule has 0 fully saturated rings. The Morgan fingerprint density at radius 2 is 1.56 bits per heavy atom. The zero-order valence-electron chi connectivity index (χ0n) is 30.0. The molecule has 274 valence electrons. The Morgan fingerprint density at radius 3 is 2.21 bits per heavy atom. The molecule has 2 aromatic carbocycles. The van der Waals surface area contributed by atoms with E-state index in [0.717, 1.165) is 68.0 Å². The van der Waals surface area contributed by atoms with Crippen LogP contribution in [0.4, 0.5) is 11.4 Å². The van der Waals surface area contributed by atoms with Gasteiger partial charge in [0.05, 0.1) is 27.1 Å². The summed E-state index contributed by atoms with van der Waals surface area (Å²) in [5.74, 6) is -0.900. The summed E-state index contributed by atoms with van der Waals surface area (Å²) in [5.41, 5.74) is 6.50. The number of carbonyl (C=O) groups excluding carboxylic acids is 2. The van der Waals surface area contributed by atoms with Gasteiger partial charge in [0.1, 0.15) is 5.69 Å². The molecule has 6 rings (SSSR count). The average Bonchev–Trinajstić information content (AvgIpc) is 3.46. The molecule has 0 saturated carbocycles. The number of aliphatic carboxylic acids is 1. The van der Waals surface area contributed by atoms with E-state index in [1.54, 1.807) is 30.5 Å². The van der Waals surface area contributed by atoms with Crippen molar-refractivity contribution in [1.29, 1.82) is 0 Å². The van der Waals surface area contributed by atoms with E-state index in [1.807, 2.05) is 29.8 Å². The van der Waals surface area contributed by atoms with Crippen LogP contribution in [0.2, 0.25) is 10.0 Å². The van der Waals surface area contributed by atoms with E-state index in [4.69, 9.17) is 33.3 Å². The van der Waals surface area contributed by atoms with Gasteiger partial charge >= 0.3 is 5.97 Å². The second-order valence-corrected chi connectivity index (χ2v) is 14.9. The fraction of sp³-hybridized carbons (Fsp3) is 0.410. The number of nitrogens with zero attached hydrogens (tertiary/aromatic N) is 5. The molecule has 2 aliphatic rings. The first kappa shape index (κ1) is 37.5. The van der Waals surface area contributed by atoms with Crippen LogP contribution in [0.25, 0.3) is 11.1 Å². The fourth-order valence-corrected chi connectivity index (χ4v) is 7.51. The highest BCUT2D eigenvalue weighted by molar-refractivity contribution is 6.40. The van der Waals surface area contributed by atoms with Crippen LogP contribution in [0, 0.1) is 5.92 Å². The number of carboxylic acid groups (broad SMARTS) is 1. The zero-order chi connectivity index (χ0) is 37.1. The molecule has 52 heavy (non-hydrogen) atoms. The average molecular weight is 747 g/mol. The number of benzene rings is 2. The Bertz CT molecular complexity index is 2000. The highest BCUT2D eigenvalue weighted by Crippen LogP contribution is 2.40. The van der Waals surface area contributed by atoms with Crippen LogP contribution in [0.5, 0.6) is 0 Å². The number of halogens is 2. The van der Waals surface area contributed by atoms with E-state index in [1.165, 1.54) is 0 Å². The first-order valence-electron chi connectivity index (χ1n) is 17.8. The van der Waals surface area contributed by atoms with Crippen LogP contribution in [-0.4, -0.2) is 72.9 Å². The van der Waals surface area contributed by atoms with E-state index in [9.17, 15) is 14.4 Å². The minimum Gasteiger partial charge on any atom is -0.481 e. The van der Waals surface area contributed by atoms with Gasteiger partial charge in [-0.15, -0.1) is 0 Å². The molecule has 4 aromatic rings. The standard InChI is InChI=1S/C39H45Cl2N7O4/c1-23(2)48-18-14-25-19-31(42-20-26(25)21-48)38(51)44-29-9-5-7-27(35(29)40)28-8-6-10-30(36(28)41)45-39(52)37-43-32-22-47(17-15-33(32)46(37)4)16-13-24(3)11-12-34(49)50/h5-10,19-20,23-24H,11-18,21-22H2,1-4H3,(H,44,51)(H,45,52)(H,49,50). The molecule has 4 heterocycles. The van der Waals surface area contributed by atoms with E-state index >= 15 is 0 Å². The Morgan fingerprint density at radius 1 is 0.885 bits per heavy atom. The third-order valence-electron chi connectivity index (χ3n) is 10.2. The third kappa shape index (κ3) is 8.33. The maximum absolute atomic E-state index is 13.6. The van der Waals surface area contributed by atoms with Crippen molar-refractivity contribution in [3.63, 3.8) is 0 Å². The van der Waals surface area contributed by atoms with E-state index in [0.29, 0.717) is 69.0 Å². The van der Waals surface area contributed by atoms with Gasteiger partial charge in [-0.3, -0.25) is 29.2 Å². The first-order chi connectivity index (χ1) is 24.9. The van der Waals surface area contributed by atoms with Crippen molar-refractivity contribution in [3.05, 3.63) is 92.7 Å². The number of amides is 2. The molecule has 2 aromatic heterocycles. The lowest BCUT2D eigenvalue weighted by molar-refractivity contribution is -0.137. The normalized spacial score (nSPS) is 15.2. The number of carbonyl (C=O) groups is 3. The Hall–Kier alpha value is -4.29. The van der Waals surface area contributed by atoms with Gasteiger partial charge in [0.15, 0.2) is 5.82 Å². The molecule has 0 bridgehead atoms. The third-order valence-corrected chi connectivity index (χ3v) is 11.0. The number of hydrogen-bond acceptors (Lipinski definition) is 7. The number of anilines is 2. The molecule has 0 aliphatic carbocycles. The second-order valence-electron chi connectivity index (χ2n) is 14.1. The molecule has 1 atom stereocenters. The lowest BCUT2D eigenvalue weighted by Crippen LogP contribution is -2.36. The summed E-state index contributed by atoms with van der Waals surface area (Å²) in [7, 11) is 1.85. The van der Waals surface area contributed by atoms with Crippen LogP contribution >= 0.6 is 23.2 Å². The SMILES string of the molecule is CC(CCC(=O)O)CCN1CCc2c(nc(C(=O)Nc3cccc(-c4cccc(NC(=O)c5cc6c(cn5)CN(C(C)C)CC6)c4Cl)c3Cl)n2C)C1. The number of nitrogens with one attached hydrogen (secondary N) is 2. The topological polar surface area (TPSA) is 133 Å². The van der Waals surface area contributed by atoms with Crippen molar-refractivity contribution in [2.45, 2.75) is 72.0 Å². The molecule has 1 unspecified atom stereocenters. The van der Waals surface area contributed by atoms with Gasteiger partial charge in [0.2, 0.25) is 0 Å². The highest BCUT2D eigenvalue weighted by Gasteiger charge is 2.27. The number of rotatable bonds is 12. The summed E-state index contributed by atoms with van der Waals surface area (Å²) in [6.07, 6.45) is 5.15. The van der Waals surface area contributed by atoms with Crippen molar-refractivity contribution < 1.29 is 19.5 Å². The molecule has 2 amide bonds. The summed E-state index contributed by atoms with van der Waals surface area (Å²) in [5, 5.41) is 15.4. The van der Waals surface area contributed by atoms with Crippen LogP contribution in [0.1, 0.15) is 83.7 Å². The predicted molar refractivity (Wildman–Crippen MR) is 204 cm³/mol. The van der Waals surface area contributed by atoms with Gasteiger partial charge < -0.3 is 20.3 Å². The molecule has 0 spiro atoms. The lowest BCUT2D eigenvalue weighted by atomic mass is 10.00. The van der Waals surface area contributed by atoms with Crippen LogP contribution < -0.4 is 10.6 Å². The van der Waals surface area contributed by atoms with Crippen molar-refractivity contribution >= 4 is 52.4 Å². The van der Waals surface area contributed by atoms with Gasteiger partial charge in [0, 0.05) is 75.1 Å². The largest absolute Gasteiger partial charge is 0.481 e. The van der Waals surface area contributed by atoms with Gasteiger partial charge in [-0.05, 0) is 74.9 Å². The summed E-state index contributed by atoms with van der Waals surface area (Å²) < 4.78 is 1.84. The first-order valence-corrected chi connectivity index (χ1v) is 18.6. The number of aromatic nitrogens is 3. The minimum atomic E-state index is -0.765. The number of imidazole rings is 1. The molecule has 0 radical (unpaired) electrons. The Balaban J connectivity index is 1.13. The van der Waals surface area contributed by atoms with Crippen LogP contribution in [0.3, 0.4) is 0 Å². The van der Waals surface area contributed by atoms with E-state index < -0.39 is 5.97 Å². The zero-order valence-corrected chi connectivity index (χ0v) is 31.5. The van der Waals surface area contributed by atoms with Crippen molar-refractivity contribution in [3.8, 4) is 11.1 Å². The number of hydrogen-bond donors (Lipinski definition) is 3. The molecular formula is C39H45Cl2N7O4. The lowest BCUT2D eigenvalue weighted by Gasteiger charge is -2.31. The fourth-order valence-electron chi connectivity index (χ4n) is 6.96. The van der Waals surface area contributed by atoms with Crippen LogP contribution in [0.15, 0.2) is 48.7 Å². The maximum atomic E-state index is 13.6. The van der Waals surface area contributed by atoms with E-state index in [2.05, 4.69) is 46.2 Å². The Kier molecular flexibility index (Phi) is 11.6. The second kappa shape index (κ2) is 16.2. The summed E-state index contributed by atoms with van der Waals surface area (Å²) in [6, 6.07) is 13.0. The van der Waals surface area contributed by atoms with Crippen LogP contribution in [-0.2, 0) is 37.8 Å². The minimum absolute atomic E-state index is 0.181. The molecule has 3 N–H and O–H groups in total. The number of fused-ring (bicyclic) bond motifs is 2. The summed E-state index contributed by atoms with van der Waals surface area (Å²) >= 11 is 13.8. The van der Waals surface area contributed by atoms with Gasteiger partial charge in [0.25, 0.3) is 11.8 Å². The summed E-state index contributed by atoms with van der Waals surface area (Å²) in [6.45, 7) is 10.5. The summed E-state index contributed by atoms with van der Waals surface area (Å²) in [4.78, 5) is 51.7. The van der Waals surface area contributed by atoms with E-state index in [-0.39, 0.29) is 18.2 Å². The van der Waals surface area contributed by atoms with Crippen molar-refractivity contribution in [2.75, 3.05) is 30.3 Å². The number of carboxylic acids is 1. The van der Waals surface area contributed by atoms with Gasteiger partial charge in [-0.25, -0.2) is 4.98 Å². The monoisotopic (exact) mass is 745 g/mol. The maximum Gasteiger partial charge on any atom is 0.303 e. The molecule has 2 aliphatic heterocycles. The van der Waals surface area contributed by atoms with Crippen molar-refractivity contribution in [1.82, 2.24) is 24.3 Å². The molecule has 0 saturated heterocycles. The smallest absolute Gasteiger partial charge is 0.303 e. The number of pyridine rings is 1. The highest BCUT2D eigenvalue weighted by atomic mass is 35.5. The van der Waals surface area contributed by atoms with Gasteiger partial charge in [-0.2, -0.15) is 0 Å². The Labute approximate surface area is 314 Å². The van der Waals surface area contributed by atoms with Gasteiger partial charge in [-0.1, -0.05) is 54.4 Å². The molecular weight excluding hydrogens is 701 g/mol. The molecule has 13 heteroatoms. The quantitative estimate of drug-likeness (QED) is 0.138.